The van der Waals surface area contributed by atoms with Crippen molar-refractivity contribution < 1.29 is 15.0 Å². The average molecular weight is 216 g/mol. The molecule has 0 bridgehead atoms. The van der Waals surface area contributed by atoms with Gasteiger partial charge in [0.2, 0.25) is 0 Å². The maximum absolute atomic E-state index is 10.9. The zero-order chi connectivity index (χ0) is 11.8. The highest BCUT2D eigenvalue weighted by Crippen LogP contribution is 2.24. The molecule has 0 spiro atoms. The van der Waals surface area contributed by atoms with Gasteiger partial charge in [-0.05, 0) is 25.2 Å². The molecule has 15 heavy (non-hydrogen) atoms. The second-order valence-corrected chi connectivity index (χ2v) is 4.20. The SMILES string of the molecule is CCCC(O)C(CC)CC(CC)C(=O)O. The van der Waals surface area contributed by atoms with Gasteiger partial charge in [-0.3, -0.25) is 4.79 Å². The predicted molar refractivity (Wildman–Crippen MR) is 60.7 cm³/mol. The largest absolute Gasteiger partial charge is 0.481 e. The van der Waals surface area contributed by atoms with E-state index in [1.807, 2.05) is 20.8 Å². The van der Waals surface area contributed by atoms with Crippen molar-refractivity contribution in [1.82, 2.24) is 0 Å². The van der Waals surface area contributed by atoms with Crippen molar-refractivity contribution in [3.8, 4) is 0 Å². The van der Waals surface area contributed by atoms with Gasteiger partial charge < -0.3 is 10.2 Å². The van der Waals surface area contributed by atoms with Crippen LogP contribution in [0.25, 0.3) is 0 Å². The summed E-state index contributed by atoms with van der Waals surface area (Å²) in [5, 5.41) is 18.8. The van der Waals surface area contributed by atoms with Gasteiger partial charge in [-0.25, -0.2) is 0 Å². The second kappa shape index (κ2) is 7.69. The highest BCUT2D eigenvalue weighted by Gasteiger charge is 2.24. The van der Waals surface area contributed by atoms with E-state index in [9.17, 15) is 9.90 Å². The van der Waals surface area contributed by atoms with Crippen LogP contribution in [0, 0.1) is 11.8 Å². The number of aliphatic hydroxyl groups excluding tert-OH is 1. The van der Waals surface area contributed by atoms with Crippen LogP contribution >= 0.6 is 0 Å². The maximum Gasteiger partial charge on any atom is 0.306 e. The molecule has 0 heterocycles. The molecule has 0 fully saturated rings. The Morgan fingerprint density at radius 3 is 2.13 bits per heavy atom. The van der Waals surface area contributed by atoms with Crippen LogP contribution in [-0.4, -0.2) is 22.3 Å². The maximum atomic E-state index is 10.9. The summed E-state index contributed by atoms with van der Waals surface area (Å²) in [7, 11) is 0. The summed E-state index contributed by atoms with van der Waals surface area (Å²) in [6.07, 6.45) is 3.48. The first-order valence-corrected chi connectivity index (χ1v) is 5.97. The fourth-order valence-electron chi connectivity index (χ4n) is 1.93. The highest BCUT2D eigenvalue weighted by atomic mass is 16.4. The van der Waals surface area contributed by atoms with Crippen molar-refractivity contribution in [3.05, 3.63) is 0 Å². The zero-order valence-electron chi connectivity index (χ0n) is 10.1. The van der Waals surface area contributed by atoms with Crippen molar-refractivity contribution >= 4 is 5.97 Å². The van der Waals surface area contributed by atoms with Crippen LogP contribution in [0.4, 0.5) is 0 Å². The molecule has 0 saturated carbocycles. The minimum Gasteiger partial charge on any atom is -0.481 e. The summed E-state index contributed by atoms with van der Waals surface area (Å²) in [5.41, 5.74) is 0. The summed E-state index contributed by atoms with van der Waals surface area (Å²) in [4.78, 5) is 10.9. The average Bonchev–Trinajstić information content (AvgIpc) is 2.19. The van der Waals surface area contributed by atoms with Gasteiger partial charge in [0.05, 0.1) is 12.0 Å². The van der Waals surface area contributed by atoms with Gasteiger partial charge in [-0.2, -0.15) is 0 Å². The molecule has 0 aromatic rings. The lowest BCUT2D eigenvalue weighted by Crippen LogP contribution is -2.25. The lowest BCUT2D eigenvalue weighted by Gasteiger charge is -2.23. The third-order valence-corrected chi connectivity index (χ3v) is 3.08. The van der Waals surface area contributed by atoms with Gasteiger partial charge in [0.1, 0.15) is 0 Å². The molecule has 0 rings (SSSR count). The van der Waals surface area contributed by atoms with Crippen molar-refractivity contribution in [2.45, 2.75) is 59.0 Å². The Kier molecular flexibility index (Phi) is 7.39. The zero-order valence-corrected chi connectivity index (χ0v) is 10.1. The molecule has 3 heteroatoms. The Balaban J connectivity index is 4.22. The van der Waals surface area contributed by atoms with Crippen molar-refractivity contribution in [2.75, 3.05) is 0 Å². The van der Waals surface area contributed by atoms with Crippen molar-refractivity contribution in [2.24, 2.45) is 11.8 Å². The number of carbonyl (C=O) groups is 1. The Bertz CT molecular complexity index is 180. The van der Waals surface area contributed by atoms with Crippen molar-refractivity contribution in [1.29, 1.82) is 0 Å². The van der Waals surface area contributed by atoms with Crippen LogP contribution < -0.4 is 0 Å². The molecule has 2 N–H and O–H groups in total. The molecule has 0 aliphatic carbocycles. The number of hydrogen-bond donors (Lipinski definition) is 2. The summed E-state index contributed by atoms with van der Waals surface area (Å²) < 4.78 is 0. The Morgan fingerprint density at radius 2 is 1.80 bits per heavy atom. The first kappa shape index (κ1) is 14.4. The van der Waals surface area contributed by atoms with Crippen LogP contribution in [-0.2, 0) is 4.79 Å². The van der Waals surface area contributed by atoms with Gasteiger partial charge in [-0.15, -0.1) is 0 Å². The highest BCUT2D eigenvalue weighted by molar-refractivity contribution is 5.69. The van der Waals surface area contributed by atoms with Gasteiger partial charge in [-0.1, -0.05) is 33.6 Å². The molecule has 0 aromatic carbocycles. The molecule has 90 valence electrons. The lowest BCUT2D eigenvalue weighted by molar-refractivity contribution is -0.142. The van der Waals surface area contributed by atoms with Gasteiger partial charge in [0.25, 0.3) is 0 Å². The second-order valence-electron chi connectivity index (χ2n) is 4.20. The number of aliphatic carboxylic acids is 1. The monoisotopic (exact) mass is 216 g/mol. The van der Waals surface area contributed by atoms with Crippen LogP contribution in [0.2, 0.25) is 0 Å². The fourth-order valence-corrected chi connectivity index (χ4v) is 1.93. The lowest BCUT2D eigenvalue weighted by atomic mass is 9.85. The Labute approximate surface area is 92.5 Å². The molecule has 0 amide bonds. The van der Waals surface area contributed by atoms with Gasteiger partial charge in [0, 0.05) is 0 Å². The Hall–Kier alpha value is -0.570. The third-order valence-electron chi connectivity index (χ3n) is 3.08. The molecule has 0 saturated heterocycles. The first-order chi connectivity index (χ1) is 7.06. The first-order valence-electron chi connectivity index (χ1n) is 5.97. The minimum atomic E-state index is -0.736. The number of hydrogen-bond acceptors (Lipinski definition) is 2. The molecular weight excluding hydrogens is 192 g/mol. The molecular formula is C12H24O3. The van der Waals surface area contributed by atoms with E-state index in [-0.39, 0.29) is 17.9 Å². The summed E-state index contributed by atoms with van der Waals surface area (Å²) >= 11 is 0. The topological polar surface area (TPSA) is 57.5 Å². The van der Waals surface area contributed by atoms with Crippen LogP contribution in [0.3, 0.4) is 0 Å². The smallest absolute Gasteiger partial charge is 0.306 e. The quantitative estimate of drug-likeness (QED) is 0.656. The van der Waals surface area contributed by atoms with E-state index >= 15 is 0 Å². The third kappa shape index (κ3) is 5.17. The minimum absolute atomic E-state index is 0.131. The van der Waals surface area contributed by atoms with Crippen LogP contribution in [0.15, 0.2) is 0 Å². The normalized spacial score (nSPS) is 17.1. The van der Waals surface area contributed by atoms with E-state index in [0.29, 0.717) is 12.8 Å². The number of carboxylic acid groups (broad SMARTS) is 1. The summed E-state index contributed by atoms with van der Waals surface area (Å²) in [6.45, 7) is 5.93. The van der Waals surface area contributed by atoms with E-state index in [0.717, 1.165) is 19.3 Å². The van der Waals surface area contributed by atoms with Gasteiger partial charge in [0.15, 0.2) is 0 Å². The van der Waals surface area contributed by atoms with E-state index < -0.39 is 5.97 Å². The number of rotatable bonds is 8. The van der Waals surface area contributed by atoms with E-state index in [1.165, 1.54) is 0 Å². The molecule has 0 radical (unpaired) electrons. The molecule has 3 nitrogen and oxygen atoms in total. The van der Waals surface area contributed by atoms with Crippen LogP contribution in [0.5, 0.6) is 0 Å². The summed E-state index contributed by atoms with van der Waals surface area (Å²) in [5.74, 6) is -0.910. The molecule has 0 aliphatic rings. The van der Waals surface area contributed by atoms with E-state index in [2.05, 4.69) is 0 Å². The fraction of sp³-hybridized carbons (Fsp3) is 0.917. The standard InChI is InChI=1S/C12H24O3/c1-4-7-11(13)9(5-2)8-10(6-3)12(14)15/h9-11,13H,4-8H2,1-3H3,(H,14,15). The number of carboxylic acids is 1. The summed E-state index contributed by atoms with van der Waals surface area (Å²) in [6, 6.07) is 0. The van der Waals surface area contributed by atoms with E-state index in [4.69, 9.17) is 5.11 Å². The Morgan fingerprint density at radius 1 is 1.20 bits per heavy atom. The number of aliphatic hydroxyl groups is 1. The molecule has 0 aromatic heterocycles. The predicted octanol–water partition coefficient (Wildman–Crippen LogP) is 2.67. The van der Waals surface area contributed by atoms with Gasteiger partial charge >= 0.3 is 5.97 Å². The van der Waals surface area contributed by atoms with Crippen molar-refractivity contribution in [3.63, 3.8) is 0 Å². The molecule has 3 unspecified atom stereocenters. The molecule has 3 atom stereocenters. The van der Waals surface area contributed by atoms with E-state index in [1.54, 1.807) is 0 Å². The van der Waals surface area contributed by atoms with Crippen LogP contribution in [0.1, 0.15) is 52.9 Å². The molecule has 0 aliphatic heterocycles.